The van der Waals surface area contributed by atoms with Gasteiger partial charge in [-0.2, -0.15) is 0 Å². The van der Waals surface area contributed by atoms with Gasteiger partial charge in [0, 0.05) is 16.6 Å². The molecule has 9 nitrogen and oxygen atoms in total. The van der Waals surface area contributed by atoms with Crippen molar-refractivity contribution in [1.29, 1.82) is 0 Å². The summed E-state index contributed by atoms with van der Waals surface area (Å²) in [6.07, 6.45) is 0.649. The zero-order valence-electron chi connectivity index (χ0n) is 20.2. The third-order valence-corrected chi connectivity index (χ3v) is 6.39. The lowest BCUT2D eigenvalue weighted by Crippen LogP contribution is -2.38. The molecule has 36 heavy (non-hydrogen) atoms. The lowest BCUT2D eigenvalue weighted by atomic mass is 9.93. The standard InChI is InChI=1S/C27H29N3O6/c1-3-35-26(33)27(14-22(27)25(32)28-15-24(31)30-34)13-18-8-10-20(11-9-18)36-16-19-12-17(2)29-23-7-5-4-6-21(19)23/h4-12,22,34H,3,13-16H2,1-2H3,(H,28,32)(H,30,31)/t22-,27+/m1/s1. The summed E-state index contributed by atoms with van der Waals surface area (Å²) in [5.41, 5.74) is 4.24. The lowest BCUT2D eigenvalue weighted by molar-refractivity contribution is -0.151. The van der Waals surface area contributed by atoms with E-state index in [1.54, 1.807) is 6.92 Å². The van der Waals surface area contributed by atoms with Gasteiger partial charge in [-0.15, -0.1) is 0 Å². The van der Waals surface area contributed by atoms with Gasteiger partial charge in [0.15, 0.2) is 0 Å². The van der Waals surface area contributed by atoms with Crippen molar-refractivity contribution in [3.8, 4) is 5.75 Å². The second-order valence-electron chi connectivity index (χ2n) is 8.94. The maximum atomic E-state index is 12.8. The van der Waals surface area contributed by atoms with Gasteiger partial charge in [0.05, 0.1) is 30.0 Å². The Morgan fingerprint density at radius 3 is 2.61 bits per heavy atom. The van der Waals surface area contributed by atoms with Gasteiger partial charge in [0.1, 0.15) is 12.4 Å². The van der Waals surface area contributed by atoms with Crippen molar-refractivity contribution in [3.05, 3.63) is 71.4 Å². The van der Waals surface area contributed by atoms with Crippen molar-refractivity contribution in [2.45, 2.75) is 33.3 Å². The quantitative estimate of drug-likeness (QED) is 0.226. The van der Waals surface area contributed by atoms with Crippen molar-refractivity contribution in [2.24, 2.45) is 11.3 Å². The first kappa shape index (κ1) is 25.1. The molecule has 3 aromatic rings. The molecule has 4 rings (SSSR count). The van der Waals surface area contributed by atoms with Crippen LogP contribution < -0.4 is 15.5 Å². The van der Waals surface area contributed by atoms with E-state index in [1.807, 2.05) is 61.5 Å². The van der Waals surface area contributed by atoms with Gasteiger partial charge in [-0.25, -0.2) is 5.48 Å². The summed E-state index contributed by atoms with van der Waals surface area (Å²) in [6.45, 7) is 3.89. The molecule has 1 aromatic heterocycles. The third-order valence-electron chi connectivity index (χ3n) is 6.39. The molecular weight excluding hydrogens is 462 g/mol. The highest BCUT2D eigenvalue weighted by molar-refractivity contribution is 5.95. The highest BCUT2D eigenvalue weighted by atomic mass is 16.5. The van der Waals surface area contributed by atoms with Crippen LogP contribution in [0.3, 0.4) is 0 Å². The Kier molecular flexibility index (Phi) is 7.49. The number of para-hydroxylation sites is 1. The normalized spacial score (nSPS) is 18.4. The van der Waals surface area contributed by atoms with Crippen LogP contribution in [-0.2, 0) is 32.1 Å². The Bertz CT molecular complexity index is 1280. The third kappa shape index (κ3) is 5.46. The molecule has 0 unspecified atom stereocenters. The van der Waals surface area contributed by atoms with Gasteiger partial charge in [-0.05, 0) is 56.5 Å². The van der Waals surface area contributed by atoms with Crippen molar-refractivity contribution in [1.82, 2.24) is 15.8 Å². The minimum absolute atomic E-state index is 0.206. The maximum Gasteiger partial charge on any atom is 0.313 e. The Balaban J connectivity index is 1.42. The molecule has 9 heteroatoms. The largest absolute Gasteiger partial charge is 0.489 e. The van der Waals surface area contributed by atoms with Gasteiger partial charge in [-0.3, -0.25) is 24.6 Å². The molecule has 1 aliphatic carbocycles. The summed E-state index contributed by atoms with van der Waals surface area (Å²) >= 11 is 0. The summed E-state index contributed by atoms with van der Waals surface area (Å²) in [5.74, 6) is -1.52. The van der Waals surface area contributed by atoms with E-state index in [4.69, 9.17) is 14.7 Å². The number of nitrogens with zero attached hydrogens (tertiary/aromatic N) is 1. The maximum absolute atomic E-state index is 12.8. The molecule has 188 valence electrons. The Morgan fingerprint density at radius 1 is 1.14 bits per heavy atom. The fourth-order valence-electron chi connectivity index (χ4n) is 4.49. The molecule has 0 radical (unpaired) electrons. The van der Waals surface area contributed by atoms with Crippen molar-refractivity contribution in [3.63, 3.8) is 0 Å². The number of carbonyl (C=O) groups is 3. The van der Waals surface area contributed by atoms with Crippen LogP contribution in [-0.4, -0.2) is 41.1 Å². The second kappa shape index (κ2) is 10.7. The fourth-order valence-corrected chi connectivity index (χ4v) is 4.49. The molecule has 1 heterocycles. The number of benzene rings is 2. The number of esters is 1. The number of hydrogen-bond donors (Lipinski definition) is 3. The average molecular weight is 492 g/mol. The van der Waals surface area contributed by atoms with Gasteiger partial charge in [0.25, 0.3) is 5.91 Å². The molecular formula is C27H29N3O6. The van der Waals surface area contributed by atoms with E-state index in [-0.39, 0.29) is 13.2 Å². The first-order valence-electron chi connectivity index (χ1n) is 11.8. The number of hydrogen-bond acceptors (Lipinski definition) is 7. The van der Waals surface area contributed by atoms with Crippen LogP contribution in [0.2, 0.25) is 0 Å². The summed E-state index contributed by atoms with van der Waals surface area (Å²) in [5, 5.41) is 12.1. The van der Waals surface area contributed by atoms with E-state index >= 15 is 0 Å². The van der Waals surface area contributed by atoms with E-state index in [9.17, 15) is 14.4 Å². The minimum Gasteiger partial charge on any atom is -0.489 e. The van der Waals surface area contributed by atoms with Gasteiger partial charge in [0.2, 0.25) is 5.91 Å². The van der Waals surface area contributed by atoms with E-state index in [0.29, 0.717) is 25.2 Å². The van der Waals surface area contributed by atoms with Gasteiger partial charge < -0.3 is 14.8 Å². The topological polar surface area (TPSA) is 127 Å². The number of nitrogens with one attached hydrogen (secondary N) is 2. The Hall–Kier alpha value is -3.98. The summed E-state index contributed by atoms with van der Waals surface area (Å²) in [6, 6.07) is 17.4. The van der Waals surface area contributed by atoms with Crippen LogP contribution in [0.4, 0.5) is 0 Å². The zero-order chi connectivity index (χ0) is 25.7. The molecule has 0 aliphatic heterocycles. The molecule has 1 aliphatic rings. The van der Waals surface area contributed by atoms with Crippen LogP contribution in [0.15, 0.2) is 54.6 Å². The number of ether oxygens (including phenoxy) is 2. The van der Waals surface area contributed by atoms with Crippen LogP contribution >= 0.6 is 0 Å². The molecule has 3 N–H and O–H groups in total. The van der Waals surface area contributed by atoms with Crippen LogP contribution in [0, 0.1) is 18.3 Å². The van der Waals surface area contributed by atoms with Gasteiger partial charge in [-0.1, -0.05) is 30.3 Å². The molecule has 0 spiro atoms. The van der Waals surface area contributed by atoms with E-state index in [1.165, 1.54) is 5.48 Å². The highest BCUT2D eigenvalue weighted by Crippen LogP contribution is 2.56. The Morgan fingerprint density at radius 2 is 1.89 bits per heavy atom. The molecule has 0 saturated heterocycles. The zero-order valence-corrected chi connectivity index (χ0v) is 20.2. The van der Waals surface area contributed by atoms with Crippen molar-refractivity contribution in [2.75, 3.05) is 13.2 Å². The summed E-state index contributed by atoms with van der Waals surface area (Å²) in [7, 11) is 0. The molecule has 1 fully saturated rings. The van der Waals surface area contributed by atoms with Gasteiger partial charge >= 0.3 is 5.97 Å². The number of amides is 2. The predicted octanol–water partition coefficient (Wildman–Crippen LogP) is 2.86. The monoisotopic (exact) mass is 491 g/mol. The highest BCUT2D eigenvalue weighted by Gasteiger charge is 2.64. The Labute approximate surface area is 208 Å². The summed E-state index contributed by atoms with van der Waals surface area (Å²) < 4.78 is 11.3. The number of pyridine rings is 1. The SMILES string of the molecule is CCOC(=O)[C@@]1(Cc2ccc(OCc3cc(C)nc4ccccc34)cc2)C[C@@H]1C(=O)NCC(=O)NO. The van der Waals surface area contributed by atoms with Crippen molar-refractivity contribution >= 4 is 28.7 Å². The first-order valence-corrected chi connectivity index (χ1v) is 11.8. The number of carbonyl (C=O) groups excluding carboxylic acids is 3. The van der Waals surface area contributed by atoms with Crippen LogP contribution in [0.5, 0.6) is 5.75 Å². The minimum atomic E-state index is -0.981. The molecule has 2 aromatic carbocycles. The predicted molar refractivity (Wildman–Crippen MR) is 131 cm³/mol. The van der Waals surface area contributed by atoms with Crippen LogP contribution in [0.25, 0.3) is 10.9 Å². The lowest BCUT2D eigenvalue weighted by Gasteiger charge is -2.16. The molecule has 2 atom stereocenters. The second-order valence-corrected chi connectivity index (χ2v) is 8.94. The smallest absolute Gasteiger partial charge is 0.313 e. The number of aromatic nitrogens is 1. The number of aryl methyl sites for hydroxylation is 1. The first-order chi connectivity index (χ1) is 17.4. The molecule has 0 bridgehead atoms. The average Bonchev–Trinajstić information content (AvgIpc) is 3.62. The summed E-state index contributed by atoms with van der Waals surface area (Å²) in [4.78, 5) is 41.1. The van der Waals surface area contributed by atoms with E-state index in [2.05, 4.69) is 10.3 Å². The number of hydroxylamine groups is 1. The number of rotatable bonds is 10. The van der Waals surface area contributed by atoms with Crippen molar-refractivity contribution < 1.29 is 29.1 Å². The van der Waals surface area contributed by atoms with Crippen LogP contribution in [0.1, 0.15) is 30.2 Å². The fraction of sp³-hybridized carbons (Fsp3) is 0.333. The molecule has 1 saturated carbocycles. The molecule has 2 amide bonds. The number of fused-ring (bicyclic) bond motifs is 1. The van der Waals surface area contributed by atoms with E-state index < -0.39 is 29.1 Å². The van der Waals surface area contributed by atoms with E-state index in [0.717, 1.165) is 27.7 Å².